The first-order valence-corrected chi connectivity index (χ1v) is 16.9. The van der Waals surface area contributed by atoms with Crippen LogP contribution in [0.2, 0.25) is 20.1 Å². The highest BCUT2D eigenvalue weighted by molar-refractivity contribution is 7.92. The predicted molar refractivity (Wildman–Crippen MR) is 177 cm³/mol. The van der Waals surface area contributed by atoms with Crippen molar-refractivity contribution in [2.45, 2.75) is 58.2 Å². The van der Waals surface area contributed by atoms with Crippen molar-refractivity contribution in [2.75, 3.05) is 17.1 Å². The summed E-state index contributed by atoms with van der Waals surface area (Å²) in [6, 6.07) is 18.2. The van der Waals surface area contributed by atoms with Crippen LogP contribution in [0.5, 0.6) is 0 Å². The number of halogens is 4. The van der Waals surface area contributed by atoms with Gasteiger partial charge in [-0.25, -0.2) is 8.42 Å². The van der Waals surface area contributed by atoms with E-state index < -0.39 is 21.6 Å². The smallest absolute Gasteiger partial charge is 0.243 e. The van der Waals surface area contributed by atoms with E-state index in [-0.39, 0.29) is 54.9 Å². The summed E-state index contributed by atoms with van der Waals surface area (Å²) in [4.78, 5) is 29.2. The minimum absolute atomic E-state index is 0.0250. The van der Waals surface area contributed by atoms with Crippen molar-refractivity contribution in [1.29, 1.82) is 0 Å². The standard InChI is InChI=1S/C31H35Cl4N3O4S/c1-31(2,3)36-30(40)28(18-21-9-6-5-7-10-21)37(20-22-12-14-24(33)26(35)17-22)29(39)11-8-16-38(43(4,41)42)27-19-23(32)13-15-25(27)34/h5-7,9-10,12-15,17,19,28H,8,11,16,18,20H2,1-4H3,(H,36,40)/t28-/m1/s1. The van der Waals surface area contributed by atoms with Crippen LogP contribution in [-0.4, -0.2) is 49.5 Å². The summed E-state index contributed by atoms with van der Waals surface area (Å²) in [7, 11) is -3.75. The van der Waals surface area contributed by atoms with Gasteiger partial charge in [0, 0.05) is 36.5 Å². The van der Waals surface area contributed by atoms with Crippen molar-refractivity contribution < 1.29 is 18.0 Å². The zero-order chi connectivity index (χ0) is 31.9. The van der Waals surface area contributed by atoms with Gasteiger partial charge in [0.2, 0.25) is 21.8 Å². The van der Waals surface area contributed by atoms with Crippen LogP contribution in [-0.2, 0) is 32.6 Å². The second-order valence-corrected chi connectivity index (χ2v) is 14.8. The van der Waals surface area contributed by atoms with Crippen LogP contribution in [0.1, 0.15) is 44.7 Å². The zero-order valence-electron chi connectivity index (χ0n) is 24.4. The Bertz CT molecular complexity index is 1550. The van der Waals surface area contributed by atoms with Gasteiger partial charge in [-0.3, -0.25) is 13.9 Å². The molecule has 3 aromatic carbocycles. The quantitative estimate of drug-likeness (QED) is 0.215. The van der Waals surface area contributed by atoms with Crippen molar-refractivity contribution in [3.8, 4) is 0 Å². The molecule has 1 N–H and O–H groups in total. The number of nitrogens with one attached hydrogen (secondary N) is 1. The summed E-state index contributed by atoms with van der Waals surface area (Å²) in [5, 5.41) is 4.25. The summed E-state index contributed by atoms with van der Waals surface area (Å²) < 4.78 is 26.5. The molecule has 1 atom stereocenters. The van der Waals surface area contributed by atoms with E-state index in [4.69, 9.17) is 46.4 Å². The fourth-order valence-corrected chi connectivity index (χ4v) is 6.23. The van der Waals surface area contributed by atoms with Crippen LogP contribution in [0.25, 0.3) is 0 Å². The van der Waals surface area contributed by atoms with Gasteiger partial charge in [0.05, 0.1) is 27.0 Å². The Morgan fingerprint density at radius 1 is 0.860 bits per heavy atom. The Morgan fingerprint density at radius 2 is 1.51 bits per heavy atom. The van der Waals surface area contributed by atoms with E-state index in [9.17, 15) is 18.0 Å². The first kappa shape index (κ1) is 35.0. The van der Waals surface area contributed by atoms with Crippen molar-refractivity contribution in [3.63, 3.8) is 0 Å². The molecule has 0 unspecified atom stereocenters. The molecule has 0 fully saturated rings. The number of carbonyl (C=O) groups is 2. The maximum Gasteiger partial charge on any atom is 0.243 e. The summed E-state index contributed by atoms with van der Waals surface area (Å²) >= 11 is 24.8. The highest BCUT2D eigenvalue weighted by Crippen LogP contribution is 2.31. The van der Waals surface area contributed by atoms with E-state index in [0.29, 0.717) is 20.6 Å². The molecule has 0 heterocycles. The molecule has 0 bridgehead atoms. The largest absolute Gasteiger partial charge is 0.350 e. The molecule has 0 radical (unpaired) electrons. The van der Waals surface area contributed by atoms with Gasteiger partial charge in [-0.2, -0.15) is 0 Å². The second-order valence-electron chi connectivity index (χ2n) is 11.2. The zero-order valence-corrected chi connectivity index (χ0v) is 28.3. The molecule has 232 valence electrons. The van der Waals surface area contributed by atoms with Gasteiger partial charge in [-0.05, 0) is 68.7 Å². The summed E-state index contributed by atoms with van der Waals surface area (Å²) in [5.74, 6) is -0.644. The third-order valence-corrected chi connectivity index (χ3v) is 8.91. The van der Waals surface area contributed by atoms with Crippen molar-refractivity contribution in [1.82, 2.24) is 10.2 Å². The van der Waals surface area contributed by atoms with Gasteiger partial charge in [0.25, 0.3) is 0 Å². The maximum absolute atomic E-state index is 14.0. The predicted octanol–water partition coefficient (Wildman–Crippen LogP) is 7.40. The molecule has 3 rings (SSSR count). The Labute approximate surface area is 274 Å². The van der Waals surface area contributed by atoms with E-state index in [1.165, 1.54) is 17.0 Å². The Hall–Kier alpha value is -2.49. The first-order valence-electron chi connectivity index (χ1n) is 13.6. The van der Waals surface area contributed by atoms with Crippen LogP contribution in [0.4, 0.5) is 5.69 Å². The third-order valence-electron chi connectivity index (χ3n) is 6.44. The van der Waals surface area contributed by atoms with Gasteiger partial charge in [-0.15, -0.1) is 0 Å². The minimum Gasteiger partial charge on any atom is -0.350 e. The van der Waals surface area contributed by atoms with E-state index >= 15 is 0 Å². The topological polar surface area (TPSA) is 86.8 Å². The fraction of sp³-hybridized carbons (Fsp3) is 0.355. The first-order chi connectivity index (χ1) is 20.0. The average molecular weight is 688 g/mol. The van der Waals surface area contributed by atoms with E-state index in [2.05, 4.69) is 5.32 Å². The lowest BCUT2D eigenvalue weighted by Gasteiger charge is -2.34. The monoisotopic (exact) mass is 685 g/mol. The number of amides is 2. The van der Waals surface area contributed by atoms with Crippen molar-refractivity contribution in [3.05, 3.63) is 97.9 Å². The molecule has 0 spiro atoms. The normalized spacial score (nSPS) is 12.5. The molecule has 0 aromatic heterocycles. The van der Waals surface area contributed by atoms with Crippen LogP contribution in [0.15, 0.2) is 66.7 Å². The number of hydrogen-bond donors (Lipinski definition) is 1. The third kappa shape index (κ3) is 10.6. The lowest BCUT2D eigenvalue weighted by molar-refractivity contribution is -0.142. The molecular formula is C31H35Cl4N3O4S. The number of rotatable bonds is 12. The molecule has 0 saturated heterocycles. The molecule has 12 heteroatoms. The highest BCUT2D eigenvalue weighted by atomic mass is 35.5. The van der Waals surface area contributed by atoms with Crippen molar-refractivity contribution >= 4 is 73.9 Å². The van der Waals surface area contributed by atoms with E-state index in [1.807, 2.05) is 51.1 Å². The van der Waals surface area contributed by atoms with Gasteiger partial charge in [0.1, 0.15) is 6.04 Å². The summed E-state index contributed by atoms with van der Waals surface area (Å²) in [6.45, 7) is 5.67. The van der Waals surface area contributed by atoms with Gasteiger partial charge in [-0.1, -0.05) is 82.8 Å². The van der Waals surface area contributed by atoms with Gasteiger partial charge < -0.3 is 10.2 Å². The van der Waals surface area contributed by atoms with Crippen LogP contribution in [0, 0.1) is 0 Å². The minimum atomic E-state index is -3.75. The molecule has 2 amide bonds. The molecule has 7 nitrogen and oxygen atoms in total. The van der Waals surface area contributed by atoms with E-state index in [0.717, 1.165) is 16.1 Å². The number of anilines is 1. The average Bonchev–Trinajstić information content (AvgIpc) is 2.91. The highest BCUT2D eigenvalue weighted by Gasteiger charge is 2.32. The number of carbonyl (C=O) groups excluding carboxylic acids is 2. The maximum atomic E-state index is 14.0. The Morgan fingerprint density at radius 3 is 2.12 bits per heavy atom. The van der Waals surface area contributed by atoms with Crippen LogP contribution >= 0.6 is 46.4 Å². The summed E-state index contributed by atoms with van der Waals surface area (Å²) in [6.07, 6.45) is 1.45. The second kappa shape index (κ2) is 15.0. The molecule has 0 saturated carbocycles. The van der Waals surface area contributed by atoms with E-state index in [1.54, 1.807) is 24.3 Å². The molecule has 3 aromatic rings. The number of hydrogen-bond acceptors (Lipinski definition) is 4. The van der Waals surface area contributed by atoms with Crippen LogP contribution < -0.4 is 9.62 Å². The molecule has 0 aliphatic rings. The molecule has 0 aliphatic heterocycles. The Kier molecular flexibility index (Phi) is 12.2. The lowest BCUT2D eigenvalue weighted by atomic mass is 10.00. The number of sulfonamides is 1. The fourth-order valence-electron chi connectivity index (χ4n) is 4.50. The number of benzene rings is 3. The SMILES string of the molecule is CC(C)(C)NC(=O)[C@@H](Cc1ccccc1)N(Cc1ccc(Cl)c(Cl)c1)C(=O)CCCN(c1cc(Cl)ccc1Cl)S(C)(=O)=O. The molecular weight excluding hydrogens is 652 g/mol. The van der Waals surface area contributed by atoms with Gasteiger partial charge in [0.15, 0.2) is 0 Å². The molecule has 0 aliphatic carbocycles. The van der Waals surface area contributed by atoms with Gasteiger partial charge >= 0.3 is 0 Å². The van der Waals surface area contributed by atoms with Crippen LogP contribution in [0.3, 0.4) is 0 Å². The molecule has 43 heavy (non-hydrogen) atoms. The lowest BCUT2D eigenvalue weighted by Crippen LogP contribution is -2.54. The van der Waals surface area contributed by atoms with Crippen molar-refractivity contribution in [2.24, 2.45) is 0 Å². The number of nitrogens with zero attached hydrogens (tertiary/aromatic N) is 2. The Balaban J connectivity index is 1.94. The summed E-state index contributed by atoms with van der Waals surface area (Å²) in [5.41, 5.74) is 1.25.